The second-order valence-electron chi connectivity index (χ2n) is 7.43. The Morgan fingerprint density at radius 3 is 2.19 bits per heavy atom. The number of anilines is 1. The molecule has 4 aromatic rings. The molecule has 1 aliphatic heterocycles. The van der Waals surface area contributed by atoms with Gasteiger partial charge < -0.3 is 5.43 Å². The van der Waals surface area contributed by atoms with Crippen LogP contribution in [0.4, 0.5) is 5.69 Å². The zero-order chi connectivity index (χ0) is 21.2. The summed E-state index contributed by atoms with van der Waals surface area (Å²) in [5, 5.41) is 3.61. The van der Waals surface area contributed by atoms with E-state index >= 15 is 0 Å². The number of hydrogen-bond acceptors (Lipinski definition) is 2. The van der Waals surface area contributed by atoms with E-state index < -0.39 is 0 Å². The van der Waals surface area contributed by atoms with Gasteiger partial charge in [-0.15, -0.1) is 0 Å². The average Bonchev–Trinajstić information content (AvgIpc) is 3.30. The van der Waals surface area contributed by atoms with Crippen molar-refractivity contribution in [1.29, 1.82) is 0 Å². The highest BCUT2D eigenvalue weighted by Crippen LogP contribution is 2.40. The van der Waals surface area contributed by atoms with E-state index in [1.165, 1.54) is 0 Å². The summed E-state index contributed by atoms with van der Waals surface area (Å²) in [4.78, 5) is 0. The van der Waals surface area contributed by atoms with Gasteiger partial charge in [0.1, 0.15) is 0 Å². The van der Waals surface area contributed by atoms with Gasteiger partial charge in [-0.2, -0.15) is 0 Å². The molecule has 0 spiro atoms. The molecule has 0 aliphatic carbocycles. The number of hydrogen-bond donors (Lipinski definition) is 1. The predicted octanol–water partition coefficient (Wildman–Crippen LogP) is 7.91. The Hall–Kier alpha value is -3.20. The first-order valence-corrected chi connectivity index (χ1v) is 10.9. The zero-order valence-electron chi connectivity index (χ0n) is 16.7. The number of nitrogens with zero attached hydrogens (tertiary/aromatic N) is 1. The fourth-order valence-corrected chi connectivity index (χ4v) is 4.38. The molecule has 31 heavy (non-hydrogen) atoms. The lowest BCUT2D eigenvalue weighted by Gasteiger charge is -2.29. The Morgan fingerprint density at radius 2 is 1.42 bits per heavy atom. The SMILES string of the molecule is Clc1ccc(C2C=CNN2c2ccccc2-c2ccc(-c3ccccc3)cc2Cl)cc1. The first-order valence-electron chi connectivity index (χ1n) is 10.1. The van der Waals surface area contributed by atoms with Gasteiger partial charge in [0.05, 0.1) is 11.7 Å². The van der Waals surface area contributed by atoms with Crippen molar-refractivity contribution >= 4 is 28.9 Å². The molecular weight excluding hydrogens is 423 g/mol. The van der Waals surface area contributed by atoms with Crippen LogP contribution in [-0.2, 0) is 0 Å². The lowest BCUT2D eigenvalue weighted by molar-refractivity contribution is 0.719. The Bertz CT molecular complexity index is 1230. The number of para-hydroxylation sites is 1. The van der Waals surface area contributed by atoms with Gasteiger partial charge in [0, 0.05) is 27.4 Å². The van der Waals surface area contributed by atoms with Gasteiger partial charge in [0.25, 0.3) is 0 Å². The maximum absolute atomic E-state index is 6.79. The highest BCUT2D eigenvalue weighted by Gasteiger charge is 2.24. The van der Waals surface area contributed by atoms with Crippen LogP contribution in [0.15, 0.2) is 109 Å². The van der Waals surface area contributed by atoms with Crippen molar-refractivity contribution in [2.45, 2.75) is 6.04 Å². The van der Waals surface area contributed by atoms with Crippen molar-refractivity contribution in [1.82, 2.24) is 5.43 Å². The molecule has 1 unspecified atom stereocenters. The van der Waals surface area contributed by atoms with Crippen LogP contribution >= 0.6 is 23.2 Å². The highest BCUT2D eigenvalue weighted by atomic mass is 35.5. The minimum absolute atomic E-state index is 0.0563. The third-order valence-electron chi connectivity index (χ3n) is 5.51. The Labute approximate surface area is 192 Å². The Morgan fingerprint density at radius 1 is 0.677 bits per heavy atom. The molecule has 1 atom stereocenters. The van der Waals surface area contributed by atoms with Crippen molar-refractivity contribution in [3.8, 4) is 22.3 Å². The molecule has 2 nitrogen and oxygen atoms in total. The molecule has 1 heterocycles. The Kier molecular flexibility index (Phi) is 5.42. The summed E-state index contributed by atoms with van der Waals surface area (Å²) in [5.41, 5.74) is 9.92. The van der Waals surface area contributed by atoms with Crippen LogP contribution in [0.1, 0.15) is 11.6 Å². The molecule has 0 saturated heterocycles. The summed E-state index contributed by atoms with van der Waals surface area (Å²) in [7, 11) is 0. The standard InChI is InChI=1S/C27H20Cl2N2/c28-22-13-10-20(11-14-22)26-16-17-30-31(26)27-9-5-4-8-24(27)23-15-12-21(18-25(23)29)19-6-2-1-3-7-19/h1-18,26,30H. The van der Waals surface area contributed by atoms with Crippen LogP contribution in [0.25, 0.3) is 22.3 Å². The largest absolute Gasteiger partial charge is 0.305 e. The van der Waals surface area contributed by atoms with E-state index in [0.29, 0.717) is 0 Å². The summed E-state index contributed by atoms with van der Waals surface area (Å²) in [6.45, 7) is 0. The minimum Gasteiger partial charge on any atom is -0.305 e. The lowest BCUT2D eigenvalue weighted by Crippen LogP contribution is -2.32. The summed E-state index contributed by atoms with van der Waals surface area (Å²) in [6, 6.07) is 32.9. The summed E-state index contributed by atoms with van der Waals surface area (Å²) in [5.74, 6) is 0. The van der Waals surface area contributed by atoms with E-state index in [0.717, 1.165) is 43.5 Å². The smallest absolute Gasteiger partial charge is 0.0952 e. The molecule has 0 saturated carbocycles. The average molecular weight is 443 g/mol. The first kappa shape index (κ1) is 19.7. The third-order valence-corrected chi connectivity index (χ3v) is 6.08. The molecule has 0 radical (unpaired) electrons. The molecule has 0 bridgehead atoms. The quantitative estimate of drug-likeness (QED) is 0.345. The fourth-order valence-electron chi connectivity index (χ4n) is 3.98. The molecule has 5 rings (SSSR count). The maximum atomic E-state index is 6.79. The molecule has 4 heteroatoms. The predicted molar refractivity (Wildman–Crippen MR) is 131 cm³/mol. The zero-order valence-corrected chi connectivity index (χ0v) is 18.2. The molecule has 152 valence electrons. The van der Waals surface area contributed by atoms with Gasteiger partial charge in [-0.1, -0.05) is 96.0 Å². The van der Waals surface area contributed by atoms with Gasteiger partial charge in [0.15, 0.2) is 0 Å². The van der Waals surface area contributed by atoms with E-state index in [1.807, 2.05) is 54.7 Å². The van der Waals surface area contributed by atoms with Gasteiger partial charge in [-0.05, 0) is 47.0 Å². The molecular formula is C27H20Cl2N2. The van der Waals surface area contributed by atoms with Crippen molar-refractivity contribution in [3.05, 3.63) is 125 Å². The summed E-state index contributed by atoms with van der Waals surface area (Å²) in [6.07, 6.45) is 4.11. The van der Waals surface area contributed by atoms with Crippen LogP contribution in [0.3, 0.4) is 0 Å². The minimum atomic E-state index is 0.0563. The number of rotatable bonds is 4. The fraction of sp³-hybridized carbons (Fsp3) is 0.0370. The molecule has 1 N–H and O–H groups in total. The van der Waals surface area contributed by atoms with Crippen molar-refractivity contribution in [3.63, 3.8) is 0 Å². The summed E-state index contributed by atoms with van der Waals surface area (Å²) >= 11 is 12.9. The van der Waals surface area contributed by atoms with Crippen LogP contribution in [0.5, 0.6) is 0 Å². The van der Waals surface area contributed by atoms with Crippen LogP contribution < -0.4 is 10.4 Å². The molecule has 1 aliphatic rings. The van der Waals surface area contributed by atoms with Gasteiger partial charge in [-0.25, -0.2) is 0 Å². The number of benzene rings is 4. The first-order chi connectivity index (χ1) is 15.2. The highest BCUT2D eigenvalue weighted by molar-refractivity contribution is 6.33. The van der Waals surface area contributed by atoms with Gasteiger partial charge in [0.2, 0.25) is 0 Å². The van der Waals surface area contributed by atoms with Crippen molar-refractivity contribution < 1.29 is 0 Å². The van der Waals surface area contributed by atoms with E-state index in [2.05, 4.69) is 65.0 Å². The number of halogens is 2. The van der Waals surface area contributed by atoms with E-state index in [9.17, 15) is 0 Å². The Balaban J connectivity index is 1.53. The second kappa shape index (κ2) is 8.50. The normalized spacial score (nSPS) is 15.2. The van der Waals surface area contributed by atoms with Crippen LogP contribution in [-0.4, -0.2) is 0 Å². The molecule has 0 amide bonds. The summed E-state index contributed by atoms with van der Waals surface area (Å²) < 4.78 is 0. The maximum Gasteiger partial charge on any atom is 0.0952 e. The van der Waals surface area contributed by atoms with Gasteiger partial charge >= 0.3 is 0 Å². The lowest BCUT2D eigenvalue weighted by atomic mass is 9.98. The van der Waals surface area contributed by atoms with Crippen LogP contribution in [0, 0.1) is 0 Å². The number of hydrazine groups is 1. The molecule has 4 aromatic carbocycles. The molecule has 0 aromatic heterocycles. The number of nitrogens with one attached hydrogen (secondary N) is 1. The van der Waals surface area contributed by atoms with E-state index in [1.54, 1.807) is 0 Å². The topological polar surface area (TPSA) is 15.3 Å². The van der Waals surface area contributed by atoms with E-state index in [4.69, 9.17) is 23.2 Å². The third kappa shape index (κ3) is 3.93. The molecule has 0 fully saturated rings. The second-order valence-corrected chi connectivity index (χ2v) is 8.28. The van der Waals surface area contributed by atoms with Gasteiger partial charge in [-0.3, -0.25) is 5.01 Å². The van der Waals surface area contributed by atoms with Crippen LogP contribution in [0.2, 0.25) is 10.0 Å². The van der Waals surface area contributed by atoms with Crippen molar-refractivity contribution in [2.75, 3.05) is 5.01 Å². The van der Waals surface area contributed by atoms with Crippen molar-refractivity contribution in [2.24, 2.45) is 0 Å². The monoisotopic (exact) mass is 442 g/mol. The van der Waals surface area contributed by atoms with E-state index in [-0.39, 0.29) is 6.04 Å².